The van der Waals surface area contributed by atoms with Gasteiger partial charge in [0.25, 0.3) is 0 Å². The molecule has 1 aliphatic rings. The molecular formula is C10H13NO3S2. The maximum atomic E-state index is 10.5. The third kappa shape index (κ3) is 3.47. The van der Waals surface area contributed by atoms with Crippen LogP contribution in [0.5, 0.6) is 0 Å². The van der Waals surface area contributed by atoms with Crippen LogP contribution in [-0.4, -0.2) is 34.5 Å². The average Bonchev–Trinajstić information content (AvgIpc) is 2.66. The number of aliphatic carboxylic acids is 1. The smallest absolute Gasteiger partial charge is 0.309 e. The zero-order chi connectivity index (χ0) is 11.4. The summed E-state index contributed by atoms with van der Waals surface area (Å²) in [5.74, 6) is -0.831. The van der Waals surface area contributed by atoms with E-state index < -0.39 is 5.97 Å². The summed E-state index contributed by atoms with van der Waals surface area (Å²) in [6.45, 7) is 1.64. The van der Waals surface area contributed by atoms with Gasteiger partial charge in [0.15, 0.2) is 0 Å². The second-order valence-corrected chi connectivity index (χ2v) is 6.04. The van der Waals surface area contributed by atoms with E-state index in [0.717, 1.165) is 30.4 Å². The summed E-state index contributed by atoms with van der Waals surface area (Å²) in [5.41, 5.74) is 0.650. The molecule has 0 spiro atoms. The minimum atomic E-state index is -0.831. The molecule has 1 aliphatic heterocycles. The number of carboxylic acid groups (broad SMARTS) is 1. The molecule has 16 heavy (non-hydrogen) atoms. The Morgan fingerprint density at radius 3 is 3.31 bits per heavy atom. The minimum Gasteiger partial charge on any atom is -0.481 e. The molecule has 1 fully saturated rings. The predicted molar refractivity (Wildman–Crippen MR) is 63.2 cm³/mol. The van der Waals surface area contributed by atoms with Gasteiger partial charge in [0.2, 0.25) is 0 Å². The first-order valence-electron chi connectivity index (χ1n) is 5.14. The molecule has 2 heterocycles. The van der Waals surface area contributed by atoms with Crippen molar-refractivity contribution in [3.8, 4) is 0 Å². The number of ether oxygens (including phenoxy) is 1. The number of thioether (sulfide) groups is 1. The minimum absolute atomic E-state index is 0.0121. The molecule has 1 saturated heterocycles. The van der Waals surface area contributed by atoms with Gasteiger partial charge < -0.3 is 9.84 Å². The molecule has 6 heteroatoms. The van der Waals surface area contributed by atoms with Crippen LogP contribution in [0.3, 0.4) is 0 Å². The van der Waals surface area contributed by atoms with Crippen molar-refractivity contribution in [3.05, 3.63) is 11.1 Å². The van der Waals surface area contributed by atoms with Crippen LogP contribution in [-0.2, 0) is 16.0 Å². The molecule has 0 aromatic carbocycles. The summed E-state index contributed by atoms with van der Waals surface area (Å²) >= 11 is 3.22. The number of aromatic nitrogens is 1. The molecule has 0 bridgehead atoms. The summed E-state index contributed by atoms with van der Waals surface area (Å²) in [4.78, 5) is 14.8. The predicted octanol–water partition coefficient (Wildman–Crippen LogP) is 2.04. The SMILES string of the molecule is O=C(O)Cc1csc(SC2CCCOC2)n1. The Bertz CT molecular complexity index is 361. The van der Waals surface area contributed by atoms with Gasteiger partial charge in [0, 0.05) is 17.2 Å². The molecule has 4 nitrogen and oxygen atoms in total. The molecule has 0 saturated carbocycles. The van der Waals surface area contributed by atoms with Gasteiger partial charge >= 0.3 is 5.97 Å². The topological polar surface area (TPSA) is 59.4 Å². The van der Waals surface area contributed by atoms with Crippen LogP contribution in [0, 0.1) is 0 Å². The lowest BCUT2D eigenvalue weighted by Gasteiger charge is -2.20. The van der Waals surface area contributed by atoms with Gasteiger partial charge in [0.1, 0.15) is 4.34 Å². The number of rotatable bonds is 4. The number of nitrogens with zero attached hydrogens (tertiary/aromatic N) is 1. The van der Waals surface area contributed by atoms with Gasteiger partial charge in [-0.1, -0.05) is 11.8 Å². The number of thiazole rings is 1. The fraction of sp³-hybridized carbons (Fsp3) is 0.600. The van der Waals surface area contributed by atoms with Gasteiger partial charge in [-0.25, -0.2) is 4.98 Å². The Balaban J connectivity index is 1.88. The van der Waals surface area contributed by atoms with E-state index in [9.17, 15) is 4.79 Å². The Labute approximate surface area is 102 Å². The molecule has 1 N–H and O–H groups in total. The number of carboxylic acids is 1. The van der Waals surface area contributed by atoms with Gasteiger partial charge in [-0.2, -0.15) is 0 Å². The highest BCUT2D eigenvalue weighted by Crippen LogP contribution is 2.31. The Hall–Kier alpha value is -0.590. The fourth-order valence-electron chi connectivity index (χ4n) is 1.53. The van der Waals surface area contributed by atoms with Crippen LogP contribution in [0.2, 0.25) is 0 Å². The first-order chi connectivity index (χ1) is 7.74. The summed E-state index contributed by atoms with van der Waals surface area (Å²) in [5, 5.41) is 10.9. The fourth-order valence-corrected chi connectivity index (χ4v) is 3.75. The second kappa shape index (κ2) is 5.65. The first-order valence-corrected chi connectivity index (χ1v) is 6.90. The zero-order valence-corrected chi connectivity index (χ0v) is 10.4. The van der Waals surface area contributed by atoms with Crippen molar-refractivity contribution in [2.45, 2.75) is 28.9 Å². The van der Waals surface area contributed by atoms with Gasteiger partial charge in [-0.3, -0.25) is 4.79 Å². The van der Waals surface area contributed by atoms with Gasteiger partial charge in [-0.05, 0) is 12.8 Å². The first kappa shape index (κ1) is 11.9. The highest BCUT2D eigenvalue weighted by molar-refractivity contribution is 8.01. The normalized spacial score (nSPS) is 20.9. The monoisotopic (exact) mass is 259 g/mol. The van der Waals surface area contributed by atoms with E-state index in [1.165, 1.54) is 11.3 Å². The third-order valence-electron chi connectivity index (χ3n) is 2.25. The van der Waals surface area contributed by atoms with Crippen LogP contribution >= 0.6 is 23.1 Å². The molecule has 0 radical (unpaired) electrons. The maximum Gasteiger partial charge on any atom is 0.309 e. The lowest BCUT2D eigenvalue weighted by Crippen LogP contribution is -2.19. The summed E-state index contributed by atoms with van der Waals surface area (Å²) < 4.78 is 6.34. The molecule has 2 rings (SSSR count). The van der Waals surface area contributed by atoms with Crippen LogP contribution in [0.15, 0.2) is 9.72 Å². The standard InChI is InChI=1S/C10H13NO3S2/c12-9(13)4-7-6-15-10(11-7)16-8-2-1-3-14-5-8/h6,8H,1-5H2,(H,12,13). The Morgan fingerprint density at radius 1 is 1.75 bits per heavy atom. The van der Waals surface area contributed by atoms with Crippen molar-refractivity contribution in [3.63, 3.8) is 0 Å². The van der Waals surface area contributed by atoms with E-state index in [-0.39, 0.29) is 6.42 Å². The molecule has 0 aliphatic carbocycles. The third-order valence-corrected chi connectivity index (χ3v) is 4.51. The number of hydrogen-bond donors (Lipinski definition) is 1. The lowest BCUT2D eigenvalue weighted by atomic mass is 10.2. The lowest BCUT2D eigenvalue weighted by molar-refractivity contribution is -0.136. The van der Waals surface area contributed by atoms with Crippen LogP contribution < -0.4 is 0 Å². The average molecular weight is 259 g/mol. The van der Waals surface area contributed by atoms with E-state index in [0.29, 0.717) is 10.9 Å². The molecule has 1 atom stereocenters. The van der Waals surface area contributed by atoms with E-state index in [1.54, 1.807) is 11.8 Å². The van der Waals surface area contributed by atoms with Crippen molar-refractivity contribution in [2.75, 3.05) is 13.2 Å². The largest absolute Gasteiger partial charge is 0.481 e. The highest BCUT2D eigenvalue weighted by atomic mass is 32.2. The van der Waals surface area contributed by atoms with Crippen molar-refractivity contribution in [1.29, 1.82) is 0 Å². The van der Waals surface area contributed by atoms with Crippen LogP contribution in [0.1, 0.15) is 18.5 Å². The molecule has 0 amide bonds. The summed E-state index contributed by atoms with van der Waals surface area (Å²) in [7, 11) is 0. The molecule has 1 aromatic heterocycles. The van der Waals surface area contributed by atoms with Gasteiger partial charge in [-0.15, -0.1) is 11.3 Å². The summed E-state index contributed by atoms with van der Waals surface area (Å²) in [6, 6.07) is 0. The maximum absolute atomic E-state index is 10.5. The zero-order valence-electron chi connectivity index (χ0n) is 8.72. The molecular weight excluding hydrogens is 246 g/mol. The molecule has 1 unspecified atom stereocenters. The number of hydrogen-bond acceptors (Lipinski definition) is 5. The second-order valence-electron chi connectivity index (χ2n) is 3.63. The highest BCUT2D eigenvalue weighted by Gasteiger charge is 2.17. The Kier molecular flexibility index (Phi) is 4.20. The van der Waals surface area contributed by atoms with Crippen LogP contribution in [0.25, 0.3) is 0 Å². The summed E-state index contributed by atoms with van der Waals surface area (Å²) in [6.07, 6.45) is 2.27. The van der Waals surface area contributed by atoms with Crippen LogP contribution in [0.4, 0.5) is 0 Å². The molecule has 88 valence electrons. The van der Waals surface area contributed by atoms with Crippen molar-refractivity contribution in [1.82, 2.24) is 4.98 Å². The van der Waals surface area contributed by atoms with Crippen molar-refractivity contribution >= 4 is 29.1 Å². The van der Waals surface area contributed by atoms with E-state index in [2.05, 4.69) is 4.98 Å². The quantitative estimate of drug-likeness (QED) is 0.896. The van der Waals surface area contributed by atoms with Crippen molar-refractivity contribution < 1.29 is 14.6 Å². The Morgan fingerprint density at radius 2 is 2.62 bits per heavy atom. The van der Waals surface area contributed by atoms with Gasteiger partial charge in [0.05, 0.1) is 18.7 Å². The molecule has 1 aromatic rings. The van der Waals surface area contributed by atoms with Crippen molar-refractivity contribution in [2.24, 2.45) is 0 Å². The van der Waals surface area contributed by atoms with E-state index >= 15 is 0 Å². The van der Waals surface area contributed by atoms with E-state index in [1.807, 2.05) is 5.38 Å². The number of carbonyl (C=O) groups is 1. The van der Waals surface area contributed by atoms with E-state index in [4.69, 9.17) is 9.84 Å².